The van der Waals surface area contributed by atoms with Crippen LogP contribution in [-0.4, -0.2) is 20.2 Å². The van der Waals surface area contributed by atoms with Gasteiger partial charge in [-0.3, -0.25) is 0 Å². The number of benzene rings is 1. The summed E-state index contributed by atoms with van der Waals surface area (Å²) < 4.78 is 18.9. The second-order valence-electron chi connectivity index (χ2n) is 4.30. The Morgan fingerprint density at radius 2 is 2.12 bits per heavy atom. The van der Waals surface area contributed by atoms with Crippen molar-refractivity contribution in [2.45, 2.75) is 32.6 Å². The lowest BCUT2D eigenvalue weighted by Crippen LogP contribution is -2.17. The van der Waals surface area contributed by atoms with Crippen molar-refractivity contribution >= 4 is 0 Å². The summed E-state index contributed by atoms with van der Waals surface area (Å²) in [7, 11) is 1.50. The Bertz CT molecular complexity index is 341. The monoisotopic (exact) mass is 239 g/mol. The molecular formula is C14H22FNO. The Kier molecular flexibility index (Phi) is 5.98. The Morgan fingerprint density at radius 1 is 1.35 bits per heavy atom. The summed E-state index contributed by atoms with van der Waals surface area (Å²) in [6, 6.07) is 5.33. The normalized spacial score (nSPS) is 12.5. The molecule has 0 spiro atoms. The molecule has 0 bridgehead atoms. The number of halogens is 1. The van der Waals surface area contributed by atoms with Crippen molar-refractivity contribution in [1.82, 2.24) is 5.32 Å². The molecule has 3 heteroatoms. The number of methoxy groups -OCH3 is 1. The molecule has 1 rings (SSSR count). The highest BCUT2D eigenvalue weighted by atomic mass is 19.1. The molecule has 0 saturated heterocycles. The molecule has 0 radical (unpaired) electrons. The number of hydrogen-bond donors (Lipinski definition) is 1. The van der Waals surface area contributed by atoms with Crippen LogP contribution in [0.1, 0.15) is 38.2 Å². The van der Waals surface area contributed by atoms with E-state index in [4.69, 9.17) is 4.74 Å². The fourth-order valence-corrected chi connectivity index (χ4v) is 1.84. The molecule has 0 aliphatic rings. The van der Waals surface area contributed by atoms with Crippen molar-refractivity contribution in [2.24, 2.45) is 0 Å². The van der Waals surface area contributed by atoms with Crippen molar-refractivity contribution < 1.29 is 9.13 Å². The van der Waals surface area contributed by atoms with Gasteiger partial charge in [0.2, 0.25) is 0 Å². The number of nitrogens with one attached hydrogen (secondary N) is 1. The molecule has 0 aliphatic carbocycles. The lowest BCUT2D eigenvalue weighted by atomic mass is 9.97. The van der Waals surface area contributed by atoms with Crippen LogP contribution >= 0.6 is 0 Å². The minimum Gasteiger partial charge on any atom is -0.494 e. The average molecular weight is 239 g/mol. The molecule has 0 aromatic heterocycles. The van der Waals surface area contributed by atoms with Gasteiger partial charge in [-0.1, -0.05) is 26.0 Å². The van der Waals surface area contributed by atoms with Gasteiger partial charge in [0, 0.05) is 0 Å². The van der Waals surface area contributed by atoms with Gasteiger partial charge in [-0.2, -0.15) is 0 Å². The largest absolute Gasteiger partial charge is 0.494 e. The first-order valence-corrected chi connectivity index (χ1v) is 6.23. The molecule has 1 unspecified atom stereocenters. The molecule has 1 atom stereocenters. The summed E-state index contributed by atoms with van der Waals surface area (Å²) >= 11 is 0. The highest BCUT2D eigenvalue weighted by Gasteiger charge is 2.13. The smallest absolute Gasteiger partial charge is 0.168 e. The van der Waals surface area contributed by atoms with E-state index in [0.717, 1.165) is 31.5 Å². The highest BCUT2D eigenvalue weighted by molar-refractivity contribution is 5.33. The van der Waals surface area contributed by atoms with E-state index in [-0.39, 0.29) is 11.7 Å². The molecule has 0 fully saturated rings. The van der Waals surface area contributed by atoms with Crippen LogP contribution in [0.2, 0.25) is 0 Å². The van der Waals surface area contributed by atoms with E-state index in [2.05, 4.69) is 12.2 Å². The van der Waals surface area contributed by atoms with E-state index >= 15 is 0 Å². The third kappa shape index (κ3) is 4.00. The summed E-state index contributed by atoms with van der Waals surface area (Å²) in [5.41, 5.74) is 0.739. The molecule has 0 aliphatic heterocycles. The van der Waals surface area contributed by atoms with E-state index in [1.54, 1.807) is 6.07 Å². The average Bonchev–Trinajstić information content (AvgIpc) is 2.34. The zero-order valence-corrected chi connectivity index (χ0v) is 10.9. The summed E-state index contributed by atoms with van der Waals surface area (Å²) in [4.78, 5) is 0. The lowest BCUT2D eigenvalue weighted by molar-refractivity contribution is 0.382. The maximum Gasteiger partial charge on any atom is 0.168 e. The zero-order chi connectivity index (χ0) is 12.7. The van der Waals surface area contributed by atoms with Crippen molar-refractivity contribution in [3.8, 4) is 5.75 Å². The molecular weight excluding hydrogens is 217 g/mol. The summed E-state index contributed by atoms with van der Waals surface area (Å²) in [5.74, 6) is 0.309. The van der Waals surface area contributed by atoms with Gasteiger partial charge in [-0.05, 0) is 43.5 Å². The van der Waals surface area contributed by atoms with Crippen LogP contribution in [0, 0.1) is 5.82 Å². The fourth-order valence-electron chi connectivity index (χ4n) is 1.84. The van der Waals surface area contributed by atoms with E-state index in [1.807, 2.05) is 19.1 Å². The summed E-state index contributed by atoms with van der Waals surface area (Å²) in [5, 5.41) is 3.33. The van der Waals surface area contributed by atoms with Crippen LogP contribution in [0.25, 0.3) is 0 Å². The zero-order valence-electron chi connectivity index (χ0n) is 10.9. The predicted octanol–water partition coefficient (Wildman–Crippen LogP) is 3.33. The Labute approximate surface area is 103 Å². The van der Waals surface area contributed by atoms with Crippen LogP contribution in [0.3, 0.4) is 0 Å². The molecule has 1 aromatic carbocycles. The van der Waals surface area contributed by atoms with Crippen molar-refractivity contribution in [2.75, 3.05) is 20.2 Å². The summed E-state index contributed by atoms with van der Waals surface area (Å²) in [6.45, 7) is 6.13. The van der Waals surface area contributed by atoms with Crippen LogP contribution in [0.4, 0.5) is 4.39 Å². The molecule has 2 nitrogen and oxygen atoms in total. The molecule has 1 N–H and O–H groups in total. The van der Waals surface area contributed by atoms with Gasteiger partial charge < -0.3 is 10.1 Å². The maximum atomic E-state index is 14.0. The molecule has 0 saturated carbocycles. The first-order chi connectivity index (χ1) is 8.20. The van der Waals surface area contributed by atoms with Crippen LogP contribution in [0.15, 0.2) is 18.2 Å². The number of rotatable bonds is 7. The fraction of sp³-hybridized carbons (Fsp3) is 0.571. The van der Waals surface area contributed by atoms with E-state index in [1.165, 1.54) is 7.11 Å². The minimum absolute atomic E-state index is 0.203. The Morgan fingerprint density at radius 3 is 2.76 bits per heavy atom. The molecule has 96 valence electrons. The quantitative estimate of drug-likeness (QED) is 0.737. The van der Waals surface area contributed by atoms with Gasteiger partial charge in [-0.15, -0.1) is 0 Å². The maximum absolute atomic E-state index is 14.0. The molecule has 17 heavy (non-hydrogen) atoms. The van der Waals surface area contributed by atoms with Crippen LogP contribution in [-0.2, 0) is 0 Å². The minimum atomic E-state index is -0.224. The third-order valence-corrected chi connectivity index (χ3v) is 2.92. The predicted molar refractivity (Wildman–Crippen MR) is 69.1 cm³/mol. The Hall–Kier alpha value is -1.09. The molecule has 0 amide bonds. The summed E-state index contributed by atoms with van der Waals surface area (Å²) in [6.07, 6.45) is 2.06. The van der Waals surface area contributed by atoms with E-state index < -0.39 is 0 Å². The topological polar surface area (TPSA) is 21.3 Å². The second-order valence-corrected chi connectivity index (χ2v) is 4.30. The third-order valence-electron chi connectivity index (χ3n) is 2.92. The van der Waals surface area contributed by atoms with Crippen LogP contribution < -0.4 is 10.1 Å². The standard InChI is InChI=1S/C14H22FNO/c1-4-9-16-10-8-11(2)12-6-5-7-13(17-3)14(12)15/h5-7,11,16H,4,8-10H2,1-3H3. The van der Waals surface area contributed by atoms with Gasteiger partial charge in [-0.25, -0.2) is 4.39 Å². The Balaban J connectivity index is 2.59. The second kappa shape index (κ2) is 7.28. The first-order valence-electron chi connectivity index (χ1n) is 6.23. The van der Waals surface area contributed by atoms with Crippen molar-refractivity contribution in [1.29, 1.82) is 0 Å². The van der Waals surface area contributed by atoms with Crippen molar-refractivity contribution in [3.05, 3.63) is 29.6 Å². The molecule has 1 aromatic rings. The number of hydrogen-bond acceptors (Lipinski definition) is 2. The van der Waals surface area contributed by atoms with Crippen molar-refractivity contribution in [3.63, 3.8) is 0 Å². The van der Waals surface area contributed by atoms with Gasteiger partial charge in [0.15, 0.2) is 11.6 Å². The van der Waals surface area contributed by atoms with E-state index in [0.29, 0.717) is 5.75 Å². The SMILES string of the molecule is CCCNCCC(C)c1cccc(OC)c1F. The number of ether oxygens (including phenoxy) is 1. The highest BCUT2D eigenvalue weighted by Crippen LogP contribution is 2.27. The van der Waals surface area contributed by atoms with Gasteiger partial charge in [0.25, 0.3) is 0 Å². The van der Waals surface area contributed by atoms with Gasteiger partial charge in [0.1, 0.15) is 0 Å². The van der Waals surface area contributed by atoms with Gasteiger partial charge >= 0.3 is 0 Å². The lowest BCUT2D eigenvalue weighted by Gasteiger charge is -2.14. The van der Waals surface area contributed by atoms with Gasteiger partial charge in [0.05, 0.1) is 7.11 Å². The van der Waals surface area contributed by atoms with Crippen LogP contribution in [0.5, 0.6) is 5.75 Å². The molecule has 0 heterocycles. The van der Waals surface area contributed by atoms with E-state index in [9.17, 15) is 4.39 Å². The first kappa shape index (κ1) is 14.0.